The SMILES string of the molecule is CCOC#CCc1ccccc1. The second-order valence-electron chi connectivity index (χ2n) is 2.37. The summed E-state index contributed by atoms with van der Waals surface area (Å²) in [7, 11) is 0. The Morgan fingerprint density at radius 1 is 1.25 bits per heavy atom. The molecule has 0 saturated carbocycles. The van der Waals surface area contributed by atoms with Crippen LogP contribution in [0.25, 0.3) is 0 Å². The lowest BCUT2D eigenvalue weighted by Gasteiger charge is -1.91. The monoisotopic (exact) mass is 160 g/mol. The Balaban J connectivity index is 2.40. The van der Waals surface area contributed by atoms with E-state index in [-0.39, 0.29) is 0 Å². The first-order chi connectivity index (χ1) is 5.93. The first-order valence-corrected chi connectivity index (χ1v) is 4.07. The Morgan fingerprint density at radius 2 is 2.00 bits per heavy atom. The minimum atomic E-state index is 0.655. The standard InChI is InChI=1S/C11H12O/c1-2-12-10-6-9-11-7-4-3-5-8-11/h3-5,7-8H,2,9H2,1H3. The van der Waals surface area contributed by atoms with E-state index in [1.165, 1.54) is 5.56 Å². The fourth-order valence-electron chi connectivity index (χ4n) is 0.857. The highest BCUT2D eigenvalue weighted by Crippen LogP contribution is 1.97. The molecule has 0 aliphatic carbocycles. The molecule has 0 N–H and O–H groups in total. The Kier molecular flexibility index (Phi) is 3.80. The molecular formula is C11H12O. The number of rotatable bonds is 2. The number of hydrogen-bond acceptors (Lipinski definition) is 1. The molecule has 62 valence electrons. The average molecular weight is 160 g/mol. The summed E-state index contributed by atoms with van der Waals surface area (Å²) in [6, 6.07) is 10.1. The minimum absolute atomic E-state index is 0.655. The predicted molar refractivity (Wildman–Crippen MR) is 49.5 cm³/mol. The van der Waals surface area contributed by atoms with Crippen molar-refractivity contribution in [1.82, 2.24) is 0 Å². The van der Waals surface area contributed by atoms with Crippen molar-refractivity contribution in [2.45, 2.75) is 13.3 Å². The summed E-state index contributed by atoms with van der Waals surface area (Å²) in [5.41, 5.74) is 1.23. The summed E-state index contributed by atoms with van der Waals surface area (Å²) in [5, 5.41) is 0. The molecule has 0 aliphatic rings. The van der Waals surface area contributed by atoms with Crippen molar-refractivity contribution in [3.63, 3.8) is 0 Å². The van der Waals surface area contributed by atoms with E-state index < -0.39 is 0 Å². The maximum Gasteiger partial charge on any atom is 0.110 e. The van der Waals surface area contributed by atoms with E-state index in [0.29, 0.717) is 6.61 Å². The summed E-state index contributed by atoms with van der Waals surface area (Å²) in [6.07, 6.45) is 3.40. The topological polar surface area (TPSA) is 9.23 Å². The summed E-state index contributed by atoms with van der Waals surface area (Å²) in [4.78, 5) is 0. The van der Waals surface area contributed by atoms with E-state index in [0.717, 1.165) is 6.42 Å². The van der Waals surface area contributed by atoms with E-state index in [2.05, 4.69) is 24.2 Å². The van der Waals surface area contributed by atoms with Crippen molar-refractivity contribution >= 4 is 0 Å². The maximum atomic E-state index is 4.89. The first kappa shape index (κ1) is 8.67. The predicted octanol–water partition coefficient (Wildman–Crippen LogP) is 2.23. The Labute approximate surface area is 73.4 Å². The molecule has 0 fully saturated rings. The van der Waals surface area contributed by atoms with Gasteiger partial charge in [0.25, 0.3) is 0 Å². The van der Waals surface area contributed by atoms with Crippen LogP contribution >= 0.6 is 0 Å². The first-order valence-electron chi connectivity index (χ1n) is 4.07. The Bertz CT molecular complexity index is 266. The van der Waals surface area contributed by atoms with Gasteiger partial charge in [-0.25, -0.2) is 0 Å². The summed E-state index contributed by atoms with van der Waals surface area (Å²) >= 11 is 0. The van der Waals surface area contributed by atoms with Crippen LogP contribution in [0.15, 0.2) is 30.3 Å². The molecule has 0 bridgehead atoms. The summed E-state index contributed by atoms with van der Waals surface area (Å²) in [6.45, 7) is 2.58. The van der Waals surface area contributed by atoms with Crippen LogP contribution in [0.3, 0.4) is 0 Å². The summed E-state index contributed by atoms with van der Waals surface area (Å²) < 4.78 is 4.89. The van der Waals surface area contributed by atoms with E-state index in [1.54, 1.807) is 0 Å². The van der Waals surface area contributed by atoms with Crippen LogP contribution in [0.4, 0.5) is 0 Å². The van der Waals surface area contributed by atoms with Crippen LogP contribution in [0.5, 0.6) is 0 Å². The largest absolute Gasteiger partial charge is 0.447 e. The fraction of sp³-hybridized carbons (Fsp3) is 0.273. The highest BCUT2D eigenvalue weighted by molar-refractivity contribution is 5.19. The number of benzene rings is 1. The number of ether oxygens (including phenoxy) is 1. The highest BCUT2D eigenvalue weighted by atomic mass is 16.5. The van der Waals surface area contributed by atoms with Gasteiger partial charge in [-0.3, -0.25) is 0 Å². The molecule has 0 spiro atoms. The molecule has 0 amide bonds. The molecule has 0 aliphatic heterocycles. The van der Waals surface area contributed by atoms with E-state index in [1.807, 2.05) is 25.1 Å². The zero-order valence-electron chi connectivity index (χ0n) is 7.21. The smallest absolute Gasteiger partial charge is 0.110 e. The molecule has 0 heterocycles. The molecule has 1 heteroatoms. The van der Waals surface area contributed by atoms with Gasteiger partial charge in [-0.15, -0.1) is 0 Å². The summed E-state index contributed by atoms with van der Waals surface area (Å²) in [5.74, 6) is 2.93. The van der Waals surface area contributed by atoms with Crippen LogP contribution in [0.1, 0.15) is 12.5 Å². The molecule has 1 rings (SSSR count). The third-order valence-corrected chi connectivity index (χ3v) is 1.42. The Morgan fingerprint density at radius 3 is 2.67 bits per heavy atom. The molecule has 0 atom stereocenters. The molecule has 12 heavy (non-hydrogen) atoms. The van der Waals surface area contributed by atoms with Gasteiger partial charge in [0, 0.05) is 6.42 Å². The van der Waals surface area contributed by atoms with Gasteiger partial charge in [0.2, 0.25) is 0 Å². The van der Waals surface area contributed by atoms with Gasteiger partial charge in [-0.05, 0) is 12.5 Å². The molecule has 1 aromatic carbocycles. The van der Waals surface area contributed by atoms with Gasteiger partial charge < -0.3 is 4.74 Å². The Hall–Kier alpha value is -1.42. The van der Waals surface area contributed by atoms with Crippen molar-refractivity contribution in [2.75, 3.05) is 6.61 Å². The lowest BCUT2D eigenvalue weighted by Crippen LogP contribution is -1.81. The molecule has 0 aromatic heterocycles. The van der Waals surface area contributed by atoms with E-state index in [4.69, 9.17) is 4.74 Å². The van der Waals surface area contributed by atoms with Gasteiger partial charge in [0.05, 0.1) is 6.61 Å². The maximum absolute atomic E-state index is 4.89. The van der Waals surface area contributed by atoms with Gasteiger partial charge in [0.1, 0.15) is 6.11 Å². The third kappa shape index (κ3) is 3.12. The van der Waals surface area contributed by atoms with E-state index >= 15 is 0 Å². The number of hydrogen-bond donors (Lipinski definition) is 0. The second kappa shape index (κ2) is 5.26. The lowest BCUT2D eigenvalue weighted by atomic mass is 10.2. The van der Waals surface area contributed by atoms with Crippen molar-refractivity contribution < 1.29 is 4.74 Å². The van der Waals surface area contributed by atoms with Crippen LogP contribution in [-0.2, 0) is 11.2 Å². The van der Waals surface area contributed by atoms with E-state index in [9.17, 15) is 0 Å². The minimum Gasteiger partial charge on any atom is -0.447 e. The lowest BCUT2D eigenvalue weighted by molar-refractivity contribution is 0.299. The average Bonchev–Trinajstić information content (AvgIpc) is 2.14. The van der Waals surface area contributed by atoms with Gasteiger partial charge >= 0.3 is 0 Å². The normalized spacial score (nSPS) is 8.42. The molecule has 0 saturated heterocycles. The zero-order valence-corrected chi connectivity index (χ0v) is 7.21. The van der Waals surface area contributed by atoms with Crippen LogP contribution in [0.2, 0.25) is 0 Å². The fourth-order valence-corrected chi connectivity index (χ4v) is 0.857. The second-order valence-corrected chi connectivity index (χ2v) is 2.37. The van der Waals surface area contributed by atoms with Crippen LogP contribution < -0.4 is 0 Å². The van der Waals surface area contributed by atoms with Crippen molar-refractivity contribution in [3.05, 3.63) is 35.9 Å². The highest BCUT2D eigenvalue weighted by Gasteiger charge is 1.84. The quantitative estimate of drug-likeness (QED) is 0.603. The van der Waals surface area contributed by atoms with Gasteiger partial charge in [-0.1, -0.05) is 36.3 Å². The molecule has 0 radical (unpaired) electrons. The molecule has 0 unspecified atom stereocenters. The zero-order chi connectivity index (χ0) is 8.65. The molecule has 1 nitrogen and oxygen atoms in total. The third-order valence-electron chi connectivity index (χ3n) is 1.42. The van der Waals surface area contributed by atoms with Crippen molar-refractivity contribution in [1.29, 1.82) is 0 Å². The van der Waals surface area contributed by atoms with Gasteiger partial charge in [0.15, 0.2) is 0 Å². The van der Waals surface area contributed by atoms with Crippen LogP contribution in [-0.4, -0.2) is 6.61 Å². The molecule has 1 aromatic rings. The molecular weight excluding hydrogens is 148 g/mol. The van der Waals surface area contributed by atoms with Crippen molar-refractivity contribution in [2.24, 2.45) is 0 Å². The van der Waals surface area contributed by atoms with Crippen molar-refractivity contribution in [3.8, 4) is 12.0 Å². The van der Waals surface area contributed by atoms with Gasteiger partial charge in [-0.2, -0.15) is 0 Å². The van der Waals surface area contributed by atoms with Crippen LogP contribution in [0, 0.1) is 12.0 Å².